The van der Waals surface area contributed by atoms with Crippen molar-refractivity contribution in [3.05, 3.63) is 5.82 Å². The van der Waals surface area contributed by atoms with E-state index < -0.39 is 7.12 Å². The number of hydrogen-bond acceptors (Lipinski definition) is 5. The topological polar surface area (TPSA) is 66.2 Å². The van der Waals surface area contributed by atoms with Crippen LogP contribution in [0, 0.1) is 0 Å². The molecule has 2 N–H and O–H groups in total. The molecular formula is C4H7BN2O2S. The van der Waals surface area contributed by atoms with Crippen molar-refractivity contribution in [1.82, 2.24) is 9.36 Å². The molecule has 0 bridgehead atoms. The van der Waals surface area contributed by atoms with Crippen molar-refractivity contribution >= 4 is 23.6 Å². The number of rotatable bonds is 2. The van der Waals surface area contributed by atoms with E-state index in [1.165, 1.54) is 0 Å². The highest BCUT2D eigenvalue weighted by Gasteiger charge is 2.16. The van der Waals surface area contributed by atoms with Gasteiger partial charge in [-0.25, -0.2) is 4.98 Å². The van der Waals surface area contributed by atoms with Crippen LogP contribution >= 0.6 is 11.5 Å². The van der Waals surface area contributed by atoms with Gasteiger partial charge in [-0.05, 0) is 11.5 Å². The molecule has 1 heterocycles. The van der Waals surface area contributed by atoms with E-state index in [-0.39, 0.29) is 4.91 Å². The van der Waals surface area contributed by atoms with Crippen LogP contribution < -0.4 is 4.91 Å². The maximum Gasteiger partial charge on any atom is 0.520 e. The van der Waals surface area contributed by atoms with Gasteiger partial charge < -0.3 is 10.0 Å². The smallest absolute Gasteiger partial charge is 0.422 e. The van der Waals surface area contributed by atoms with Crippen LogP contribution in [0.25, 0.3) is 0 Å². The van der Waals surface area contributed by atoms with Crippen LogP contribution in [0.3, 0.4) is 0 Å². The molecule has 4 nitrogen and oxygen atoms in total. The molecule has 0 amide bonds. The molecule has 54 valence electrons. The van der Waals surface area contributed by atoms with Crippen LogP contribution in [0.5, 0.6) is 0 Å². The van der Waals surface area contributed by atoms with Gasteiger partial charge in [-0.2, -0.15) is 4.37 Å². The van der Waals surface area contributed by atoms with Crippen LogP contribution in [0.15, 0.2) is 0 Å². The maximum atomic E-state index is 8.60. The summed E-state index contributed by atoms with van der Waals surface area (Å²) in [5.41, 5.74) is 0. The van der Waals surface area contributed by atoms with Crippen LogP contribution in [0.2, 0.25) is 0 Å². The lowest BCUT2D eigenvalue weighted by molar-refractivity contribution is 0.425. The average Bonchev–Trinajstić information content (AvgIpc) is 2.34. The fraction of sp³-hybridized carbons (Fsp3) is 0.500. The van der Waals surface area contributed by atoms with Crippen LogP contribution in [-0.4, -0.2) is 26.5 Å². The lowest BCUT2D eigenvalue weighted by Crippen LogP contribution is -2.29. The highest BCUT2D eigenvalue weighted by atomic mass is 32.1. The summed E-state index contributed by atoms with van der Waals surface area (Å²) in [4.78, 5) is 4.10. The van der Waals surface area contributed by atoms with Crippen molar-refractivity contribution in [2.75, 3.05) is 0 Å². The molecule has 6 heteroatoms. The summed E-state index contributed by atoms with van der Waals surface area (Å²) in [5.74, 6) is 0.660. The summed E-state index contributed by atoms with van der Waals surface area (Å²) >= 11 is 1.02. The maximum absolute atomic E-state index is 8.60. The van der Waals surface area contributed by atoms with Crippen molar-refractivity contribution < 1.29 is 10.0 Å². The number of nitrogens with zero attached hydrogens (tertiary/aromatic N) is 2. The molecule has 0 saturated carbocycles. The molecule has 0 aliphatic heterocycles. The Labute approximate surface area is 62.9 Å². The van der Waals surface area contributed by atoms with Gasteiger partial charge in [0.1, 0.15) is 10.7 Å². The molecule has 1 aromatic rings. The molecule has 0 radical (unpaired) electrons. The van der Waals surface area contributed by atoms with Crippen molar-refractivity contribution in [3.8, 4) is 0 Å². The zero-order chi connectivity index (χ0) is 7.56. The second-order valence-corrected chi connectivity index (χ2v) is 2.56. The first-order chi connectivity index (χ1) is 4.74. The normalized spacial score (nSPS) is 9.90. The molecule has 0 aliphatic carbocycles. The van der Waals surface area contributed by atoms with E-state index in [9.17, 15) is 0 Å². The summed E-state index contributed by atoms with van der Waals surface area (Å²) in [6.07, 6.45) is 0.725. The molecule has 0 saturated heterocycles. The molecule has 1 rings (SSSR count). The minimum Gasteiger partial charge on any atom is -0.422 e. The van der Waals surface area contributed by atoms with Gasteiger partial charge in [0.15, 0.2) is 0 Å². The van der Waals surface area contributed by atoms with Crippen LogP contribution in [0.4, 0.5) is 0 Å². The first-order valence-corrected chi connectivity index (χ1v) is 3.70. The van der Waals surface area contributed by atoms with E-state index in [4.69, 9.17) is 10.0 Å². The third-order valence-electron chi connectivity index (χ3n) is 1.02. The average molecular weight is 158 g/mol. The summed E-state index contributed by atoms with van der Waals surface area (Å²) in [7, 11) is -1.47. The first kappa shape index (κ1) is 7.65. The Hall–Kier alpha value is -0.455. The number of hydrogen-bond donors (Lipinski definition) is 2. The monoisotopic (exact) mass is 158 g/mol. The summed E-state index contributed by atoms with van der Waals surface area (Å²) < 4.78 is 3.87. The Morgan fingerprint density at radius 2 is 2.30 bits per heavy atom. The minimum absolute atomic E-state index is 0.261. The zero-order valence-corrected chi connectivity index (χ0v) is 6.30. The molecule has 1 aromatic heterocycles. The highest BCUT2D eigenvalue weighted by Crippen LogP contribution is 1.92. The van der Waals surface area contributed by atoms with Gasteiger partial charge >= 0.3 is 7.12 Å². The van der Waals surface area contributed by atoms with Gasteiger partial charge in [0, 0.05) is 6.42 Å². The van der Waals surface area contributed by atoms with E-state index in [1.54, 1.807) is 0 Å². The highest BCUT2D eigenvalue weighted by molar-refractivity contribution is 7.16. The summed E-state index contributed by atoms with van der Waals surface area (Å²) in [5, 5.41) is 17.2. The third-order valence-corrected chi connectivity index (χ3v) is 1.81. The second kappa shape index (κ2) is 3.09. The van der Waals surface area contributed by atoms with E-state index >= 15 is 0 Å². The Bertz CT molecular complexity index is 215. The molecule has 10 heavy (non-hydrogen) atoms. The predicted octanol–water partition coefficient (Wildman–Crippen LogP) is -1.22. The summed E-state index contributed by atoms with van der Waals surface area (Å²) in [6, 6.07) is 0. The molecule has 0 spiro atoms. The second-order valence-electron chi connectivity index (χ2n) is 1.78. The lowest BCUT2D eigenvalue weighted by atomic mass is 9.94. The zero-order valence-electron chi connectivity index (χ0n) is 5.48. The van der Waals surface area contributed by atoms with Crippen molar-refractivity contribution in [2.45, 2.75) is 13.3 Å². The minimum atomic E-state index is -1.47. The van der Waals surface area contributed by atoms with Gasteiger partial charge in [-0.1, -0.05) is 6.92 Å². The van der Waals surface area contributed by atoms with Gasteiger partial charge in [0.25, 0.3) is 0 Å². The molecule has 0 aliphatic rings. The quantitative estimate of drug-likeness (QED) is 0.529. The number of aromatic nitrogens is 2. The molecule has 0 atom stereocenters. The Balaban J connectivity index is 2.78. The van der Waals surface area contributed by atoms with Gasteiger partial charge in [-0.3, -0.25) is 0 Å². The lowest BCUT2D eigenvalue weighted by Gasteiger charge is -1.85. The van der Waals surface area contributed by atoms with Gasteiger partial charge in [0.2, 0.25) is 0 Å². The van der Waals surface area contributed by atoms with E-state index in [0.717, 1.165) is 18.0 Å². The Morgan fingerprint density at radius 3 is 2.60 bits per heavy atom. The van der Waals surface area contributed by atoms with Crippen LogP contribution in [0.1, 0.15) is 12.7 Å². The van der Waals surface area contributed by atoms with E-state index in [2.05, 4.69) is 9.36 Å². The number of aryl methyl sites for hydroxylation is 1. The SMILES string of the molecule is CCc1nsc(B(O)O)n1. The molecule has 0 aromatic carbocycles. The van der Waals surface area contributed by atoms with Crippen molar-refractivity contribution in [3.63, 3.8) is 0 Å². The van der Waals surface area contributed by atoms with Crippen molar-refractivity contribution in [1.29, 1.82) is 0 Å². The van der Waals surface area contributed by atoms with E-state index in [1.807, 2.05) is 6.92 Å². The third kappa shape index (κ3) is 1.53. The standard InChI is InChI=1S/C4H7BN2O2S/c1-2-3-6-4(5(8)9)10-7-3/h8-9H,2H2,1H3. The fourth-order valence-electron chi connectivity index (χ4n) is 0.516. The predicted molar refractivity (Wildman–Crippen MR) is 39.1 cm³/mol. The Morgan fingerprint density at radius 1 is 1.60 bits per heavy atom. The van der Waals surface area contributed by atoms with Crippen LogP contribution in [-0.2, 0) is 6.42 Å². The largest absolute Gasteiger partial charge is 0.520 e. The van der Waals surface area contributed by atoms with E-state index in [0.29, 0.717) is 5.82 Å². The summed E-state index contributed by atoms with van der Waals surface area (Å²) in [6.45, 7) is 1.91. The fourth-order valence-corrected chi connectivity index (χ4v) is 1.13. The van der Waals surface area contributed by atoms with Crippen molar-refractivity contribution in [2.24, 2.45) is 0 Å². The Kier molecular flexibility index (Phi) is 2.36. The van der Waals surface area contributed by atoms with Gasteiger partial charge in [-0.15, -0.1) is 0 Å². The van der Waals surface area contributed by atoms with Gasteiger partial charge in [0.05, 0.1) is 0 Å². The first-order valence-electron chi connectivity index (χ1n) is 2.92. The molecular weight excluding hydrogens is 151 g/mol. The molecule has 0 unspecified atom stereocenters. The molecule has 0 fully saturated rings.